The molecule has 3 fully saturated rings. The summed E-state index contributed by atoms with van der Waals surface area (Å²) in [5.41, 5.74) is 0.653. The minimum atomic E-state index is 0.653. The van der Waals surface area contributed by atoms with Gasteiger partial charge < -0.3 is 10.1 Å². The predicted molar refractivity (Wildman–Crippen MR) is 79.2 cm³/mol. The summed E-state index contributed by atoms with van der Waals surface area (Å²) in [7, 11) is 0. The molecule has 1 saturated heterocycles. The molecule has 3 unspecified atom stereocenters. The van der Waals surface area contributed by atoms with Gasteiger partial charge in [-0.3, -0.25) is 0 Å². The normalized spacial score (nSPS) is 39.0. The summed E-state index contributed by atoms with van der Waals surface area (Å²) >= 11 is 0. The van der Waals surface area contributed by atoms with Crippen LogP contribution in [-0.4, -0.2) is 26.3 Å². The highest BCUT2D eigenvalue weighted by molar-refractivity contribution is 5.02. The third-order valence-electron chi connectivity index (χ3n) is 6.04. The smallest absolute Gasteiger partial charge is 0.0468 e. The Morgan fingerprint density at radius 3 is 2.63 bits per heavy atom. The van der Waals surface area contributed by atoms with Crippen molar-refractivity contribution in [2.45, 2.75) is 58.3 Å². The quantitative estimate of drug-likeness (QED) is 0.741. The van der Waals surface area contributed by atoms with Crippen molar-refractivity contribution in [3.63, 3.8) is 0 Å². The van der Waals surface area contributed by atoms with Crippen LogP contribution in [0.1, 0.15) is 58.3 Å². The van der Waals surface area contributed by atoms with Crippen molar-refractivity contribution >= 4 is 0 Å². The lowest BCUT2D eigenvalue weighted by Crippen LogP contribution is -2.41. The zero-order chi connectivity index (χ0) is 13.1. The molecule has 19 heavy (non-hydrogen) atoms. The van der Waals surface area contributed by atoms with Gasteiger partial charge in [0.05, 0.1) is 0 Å². The summed E-state index contributed by atoms with van der Waals surface area (Å²) < 4.78 is 5.54. The van der Waals surface area contributed by atoms with Crippen LogP contribution in [-0.2, 0) is 4.74 Å². The minimum absolute atomic E-state index is 0.653. The van der Waals surface area contributed by atoms with E-state index < -0.39 is 0 Å². The highest BCUT2D eigenvalue weighted by Crippen LogP contribution is 2.58. The van der Waals surface area contributed by atoms with E-state index in [4.69, 9.17) is 4.74 Å². The summed E-state index contributed by atoms with van der Waals surface area (Å²) in [5, 5.41) is 3.76. The molecule has 2 nitrogen and oxygen atoms in total. The van der Waals surface area contributed by atoms with Gasteiger partial charge in [-0.05, 0) is 74.7 Å². The maximum atomic E-state index is 5.54. The monoisotopic (exact) mass is 265 g/mol. The number of hydrogen-bond acceptors (Lipinski definition) is 2. The standard InChI is InChI=1S/C17H31NO/c1-2-7-18-13-17(11-14-5-8-19-9-6-14)12-15-3-4-16(17)10-15/h14-16,18H,2-13H2,1H3. The van der Waals surface area contributed by atoms with E-state index in [0.717, 1.165) is 31.0 Å². The first-order valence-corrected chi connectivity index (χ1v) is 8.61. The molecule has 3 aliphatic rings. The molecular weight excluding hydrogens is 234 g/mol. The Morgan fingerprint density at radius 2 is 2.00 bits per heavy atom. The van der Waals surface area contributed by atoms with Crippen molar-refractivity contribution < 1.29 is 4.74 Å². The van der Waals surface area contributed by atoms with Crippen molar-refractivity contribution in [3.05, 3.63) is 0 Å². The molecule has 1 N–H and O–H groups in total. The van der Waals surface area contributed by atoms with Crippen LogP contribution in [0.4, 0.5) is 0 Å². The Bertz CT molecular complexity index is 287. The third-order valence-corrected chi connectivity index (χ3v) is 6.04. The van der Waals surface area contributed by atoms with Gasteiger partial charge in [0.15, 0.2) is 0 Å². The Hall–Kier alpha value is -0.0800. The van der Waals surface area contributed by atoms with Gasteiger partial charge in [-0.1, -0.05) is 13.3 Å². The Balaban J connectivity index is 1.62. The molecule has 1 aliphatic heterocycles. The van der Waals surface area contributed by atoms with E-state index in [9.17, 15) is 0 Å². The highest BCUT2D eigenvalue weighted by atomic mass is 16.5. The van der Waals surface area contributed by atoms with Crippen LogP contribution >= 0.6 is 0 Å². The average molecular weight is 265 g/mol. The van der Waals surface area contributed by atoms with E-state index in [-0.39, 0.29) is 0 Å². The van der Waals surface area contributed by atoms with Gasteiger partial charge in [0.2, 0.25) is 0 Å². The molecule has 0 radical (unpaired) electrons. The first-order valence-electron chi connectivity index (χ1n) is 8.61. The van der Waals surface area contributed by atoms with Gasteiger partial charge in [0.25, 0.3) is 0 Å². The molecule has 2 heteroatoms. The van der Waals surface area contributed by atoms with Crippen LogP contribution in [0.2, 0.25) is 0 Å². The topological polar surface area (TPSA) is 21.3 Å². The number of ether oxygens (including phenoxy) is 1. The van der Waals surface area contributed by atoms with Crippen molar-refractivity contribution in [1.82, 2.24) is 5.32 Å². The summed E-state index contributed by atoms with van der Waals surface area (Å²) in [5.74, 6) is 3.04. The van der Waals surface area contributed by atoms with Crippen molar-refractivity contribution in [3.8, 4) is 0 Å². The summed E-state index contributed by atoms with van der Waals surface area (Å²) in [4.78, 5) is 0. The second-order valence-electron chi connectivity index (χ2n) is 7.38. The molecule has 0 aromatic heterocycles. The summed E-state index contributed by atoms with van der Waals surface area (Å²) in [6.07, 6.45) is 11.5. The fourth-order valence-electron chi connectivity index (χ4n) is 5.14. The number of nitrogens with one attached hydrogen (secondary N) is 1. The summed E-state index contributed by atoms with van der Waals surface area (Å²) in [6, 6.07) is 0. The SMILES string of the molecule is CCCNCC1(CC2CCOCC2)CC2CCC1C2. The Labute approximate surface area is 118 Å². The first kappa shape index (κ1) is 13.9. The molecule has 3 atom stereocenters. The average Bonchev–Trinajstić information content (AvgIpc) is 3.01. The van der Waals surface area contributed by atoms with Crippen molar-refractivity contribution in [1.29, 1.82) is 0 Å². The van der Waals surface area contributed by atoms with Crippen molar-refractivity contribution in [2.24, 2.45) is 23.2 Å². The molecule has 0 aromatic rings. The van der Waals surface area contributed by atoms with Gasteiger partial charge in [0.1, 0.15) is 0 Å². The van der Waals surface area contributed by atoms with Crippen LogP contribution in [0.15, 0.2) is 0 Å². The molecule has 1 heterocycles. The number of rotatable bonds is 6. The van der Waals surface area contributed by atoms with Gasteiger partial charge in [-0.15, -0.1) is 0 Å². The fraction of sp³-hybridized carbons (Fsp3) is 1.00. The maximum absolute atomic E-state index is 5.54. The zero-order valence-electron chi connectivity index (χ0n) is 12.6. The van der Waals surface area contributed by atoms with Crippen molar-refractivity contribution in [2.75, 3.05) is 26.3 Å². The summed E-state index contributed by atoms with van der Waals surface area (Å²) in [6.45, 7) is 6.79. The third kappa shape index (κ3) is 3.00. The van der Waals surface area contributed by atoms with E-state index in [1.807, 2.05) is 0 Å². The lowest BCUT2D eigenvalue weighted by atomic mass is 9.67. The molecular formula is C17H31NO. The van der Waals surface area contributed by atoms with E-state index in [1.165, 1.54) is 64.5 Å². The zero-order valence-corrected chi connectivity index (χ0v) is 12.6. The lowest BCUT2D eigenvalue weighted by Gasteiger charge is -2.41. The number of hydrogen-bond donors (Lipinski definition) is 1. The van der Waals surface area contributed by atoms with Crippen LogP contribution in [0.25, 0.3) is 0 Å². The molecule has 2 aliphatic carbocycles. The van der Waals surface area contributed by atoms with Crippen LogP contribution in [0, 0.1) is 23.2 Å². The van der Waals surface area contributed by atoms with E-state index in [2.05, 4.69) is 12.2 Å². The molecule has 0 aromatic carbocycles. The van der Waals surface area contributed by atoms with E-state index in [0.29, 0.717) is 5.41 Å². The second-order valence-corrected chi connectivity index (χ2v) is 7.38. The van der Waals surface area contributed by atoms with Gasteiger partial charge in [-0.25, -0.2) is 0 Å². The molecule has 0 amide bonds. The highest BCUT2D eigenvalue weighted by Gasteiger charge is 2.50. The Kier molecular flexibility index (Phi) is 4.48. The Morgan fingerprint density at radius 1 is 1.16 bits per heavy atom. The number of fused-ring (bicyclic) bond motifs is 2. The molecule has 110 valence electrons. The molecule has 3 rings (SSSR count). The largest absolute Gasteiger partial charge is 0.381 e. The molecule has 2 saturated carbocycles. The second kappa shape index (κ2) is 6.13. The van der Waals surface area contributed by atoms with Crippen LogP contribution in [0.5, 0.6) is 0 Å². The van der Waals surface area contributed by atoms with E-state index >= 15 is 0 Å². The first-order chi connectivity index (χ1) is 9.32. The fourth-order valence-corrected chi connectivity index (χ4v) is 5.14. The minimum Gasteiger partial charge on any atom is -0.381 e. The predicted octanol–water partition coefficient (Wildman–Crippen LogP) is 3.61. The maximum Gasteiger partial charge on any atom is 0.0468 e. The molecule has 2 bridgehead atoms. The van der Waals surface area contributed by atoms with Crippen LogP contribution in [0.3, 0.4) is 0 Å². The van der Waals surface area contributed by atoms with E-state index in [1.54, 1.807) is 0 Å². The van der Waals surface area contributed by atoms with Gasteiger partial charge in [-0.2, -0.15) is 0 Å². The van der Waals surface area contributed by atoms with Gasteiger partial charge >= 0.3 is 0 Å². The van der Waals surface area contributed by atoms with Gasteiger partial charge in [0, 0.05) is 19.8 Å². The molecule has 0 spiro atoms. The lowest BCUT2D eigenvalue weighted by molar-refractivity contribution is 0.0319. The van der Waals surface area contributed by atoms with Crippen LogP contribution < -0.4 is 5.32 Å².